The van der Waals surface area contributed by atoms with Gasteiger partial charge in [-0.05, 0) is 20.4 Å². The molecule has 0 saturated carbocycles. The van der Waals surface area contributed by atoms with Crippen LogP contribution in [-0.4, -0.2) is 38.9 Å². The molecule has 0 aliphatic rings. The predicted octanol–water partition coefficient (Wildman–Crippen LogP) is 0.652. The Balaban J connectivity index is 3.31. The summed E-state index contributed by atoms with van der Waals surface area (Å²) in [4.78, 5) is 8.21. The third-order valence-corrected chi connectivity index (χ3v) is 1.63. The molecule has 0 atom stereocenters. The smallest absolute Gasteiger partial charge is 0.111 e. The maximum Gasteiger partial charge on any atom is 0.111 e. The van der Waals surface area contributed by atoms with E-state index in [-0.39, 0.29) is 0 Å². The van der Waals surface area contributed by atoms with Gasteiger partial charge in [-0.25, -0.2) is 4.99 Å². The molecule has 0 fully saturated rings. The number of aliphatic imine (C=N–C) groups is 2. The van der Waals surface area contributed by atoms with Gasteiger partial charge in [0.15, 0.2) is 0 Å². The maximum absolute atomic E-state index is 4.13. The minimum absolute atomic E-state index is 0.641. The molecule has 0 unspecified atom stereocenters. The van der Waals surface area contributed by atoms with Crippen molar-refractivity contribution in [2.24, 2.45) is 9.98 Å². The Morgan fingerprint density at radius 2 is 2.15 bits per heavy atom. The molecule has 0 aliphatic carbocycles. The lowest BCUT2D eigenvalue weighted by Gasteiger charge is -1.98. The molecule has 13 heavy (non-hydrogen) atoms. The van der Waals surface area contributed by atoms with Crippen molar-refractivity contribution in [1.82, 2.24) is 10.6 Å². The Morgan fingerprint density at radius 1 is 1.38 bits per heavy atom. The zero-order valence-electron chi connectivity index (χ0n) is 8.80. The van der Waals surface area contributed by atoms with Gasteiger partial charge in [0.2, 0.25) is 0 Å². The number of nitrogens with one attached hydrogen (secondary N) is 2. The molecule has 0 aromatic rings. The van der Waals surface area contributed by atoms with Gasteiger partial charge >= 0.3 is 0 Å². The van der Waals surface area contributed by atoms with Crippen LogP contribution < -0.4 is 10.6 Å². The molecule has 0 spiro atoms. The zero-order chi connectivity index (χ0) is 9.94. The average Bonchev–Trinajstić information content (AvgIpc) is 2.16. The van der Waals surface area contributed by atoms with E-state index >= 15 is 0 Å². The highest BCUT2D eigenvalue weighted by atomic mass is 15.0. The summed E-state index contributed by atoms with van der Waals surface area (Å²) >= 11 is 0. The fourth-order valence-corrected chi connectivity index (χ4v) is 0.628. The normalized spacial score (nSPS) is 12.7. The van der Waals surface area contributed by atoms with E-state index in [0.717, 1.165) is 25.2 Å². The Morgan fingerprint density at radius 3 is 2.77 bits per heavy atom. The van der Waals surface area contributed by atoms with Crippen molar-refractivity contribution in [2.45, 2.75) is 20.3 Å². The monoisotopic (exact) mass is 184 g/mol. The van der Waals surface area contributed by atoms with Crippen LogP contribution in [0.1, 0.15) is 20.3 Å². The van der Waals surface area contributed by atoms with Crippen molar-refractivity contribution in [3.05, 3.63) is 0 Å². The van der Waals surface area contributed by atoms with Crippen molar-refractivity contribution in [2.75, 3.05) is 26.8 Å². The van der Waals surface area contributed by atoms with Crippen LogP contribution >= 0.6 is 0 Å². The van der Waals surface area contributed by atoms with Crippen molar-refractivity contribution in [3.63, 3.8) is 0 Å². The first-order valence-electron chi connectivity index (χ1n) is 4.68. The van der Waals surface area contributed by atoms with Gasteiger partial charge < -0.3 is 5.32 Å². The molecule has 0 heterocycles. The van der Waals surface area contributed by atoms with E-state index in [9.17, 15) is 0 Å². The average molecular weight is 184 g/mol. The van der Waals surface area contributed by atoms with E-state index in [0.29, 0.717) is 6.67 Å². The van der Waals surface area contributed by atoms with E-state index in [1.165, 1.54) is 0 Å². The molecule has 0 aromatic carbocycles. The molecule has 0 radical (unpaired) electrons. The topological polar surface area (TPSA) is 48.8 Å². The molecule has 0 rings (SSSR count). The first kappa shape index (κ1) is 12.3. The van der Waals surface area contributed by atoms with E-state index in [4.69, 9.17) is 0 Å². The van der Waals surface area contributed by atoms with Gasteiger partial charge in [-0.15, -0.1) is 0 Å². The number of nitrogens with zero attached hydrogens (tertiary/aromatic N) is 2. The SMILES string of the molecule is CCC(C)=NC=NCNCCNC. The Bertz CT molecular complexity index is 163. The highest BCUT2D eigenvalue weighted by Crippen LogP contribution is 1.80. The second kappa shape index (κ2) is 9.35. The summed E-state index contributed by atoms with van der Waals surface area (Å²) in [5.41, 5.74) is 1.11. The molecule has 76 valence electrons. The van der Waals surface area contributed by atoms with E-state index < -0.39 is 0 Å². The summed E-state index contributed by atoms with van der Waals surface area (Å²) in [6.07, 6.45) is 2.60. The summed E-state index contributed by atoms with van der Waals surface area (Å²) < 4.78 is 0. The summed E-state index contributed by atoms with van der Waals surface area (Å²) in [5.74, 6) is 0. The zero-order valence-corrected chi connectivity index (χ0v) is 8.80. The third kappa shape index (κ3) is 9.17. The van der Waals surface area contributed by atoms with Crippen LogP contribution in [0.2, 0.25) is 0 Å². The summed E-state index contributed by atoms with van der Waals surface area (Å²) in [5, 5.41) is 6.19. The lowest BCUT2D eigenvalue weighted by Crippen LogP contribution is -2.24. The van der Waals surface area contributed by atoms with Gasteiger partial charge in [0, 0.05) is 18.8 Å². The first-order chi connectivity index (χ1) is 6.31. The van der Waals surface area contributed by atoms with Gasteiger partial charge in [-0.3, -0.25) is 10.3 Å². The van der Waals surface area contributed by atoms with Gasteiger partial charge in [0.05, 0.1) is 6.67 Å². The van der Waals surface area contributed by atoms with Crippen LogP contribution in [0.3, 0.4) is 0 Å². The molecule has 0 saturated heterocycles. The number of hydrogen-bond acceptors (Lipinski definition) is 3. The number of hydrogen-bond donors (Lipinski definition) is 2. The number of rotatable bonds is 7. The molecular weight excluding hydrogens is 164 g/mol. The van der Waals surface area contributed by atoms with E-state index in [1.807, 2.05) is 14.0 Å². The van der Waals surface area contributed by atoms with Crippen LogP contribution in [0, 0.1) is 0 Å². The third-order valence-electron chi connectivity index (χ3n) is 1.63. The van der Waals surface area contributed by atoms with Gasteiger partial charge in [-0.2, -0.15) is 0 Å². The van der Waals surface area contributed by atoms with E-state index in [2.05, 4.69) is 27.5 Å². The molecule has 0 aromatic heterocycles. The van der Waals surface area contributed by atoms with E-state index in [1.54, 1.807) is 6.34 Å². The van der Waals surface area contributed by atoms with Crippen LogP contribution in [0.4, 0.5) is 0 Å². The second-order valence-electron chi connectivity index (χ2n) is 2.78. The van der Waals surface area contributed by atoms with Gasteiger partial charge in [0.1, 0.15) is 6.34 Å². The van der Waals surface area contributed by atoms with Crippen LogP contribution in [-0.2, 0) is 0 Å². The summed E-state index contributed by atoms with van der Waals surface area (Å²) in [6.45, 7) is 6.62. The van der Waals surface area contributed by atoms with Crippen molar-refractivity contribution < 1.29 is 0 Å². The largest absolute Gasteiger partial charge is 0.318 e. The number of likely N-dealkylation sites (N-methyl/N-ethyl adjacent to an activating group) is 1. The minimum Gasteiger partial charge on any atom is -0.318 e. The summed E-state index contributed by atoms with van der Waals surface area (Å²) in [7, 11) is 1.93. The molecular formula is C9H20N4. The first-order valence-corrected chi connectivity index (χ1v) is 4.68. The fourth-order valence-electron chi connectivity index (χ4n) is 0.628. The van der Waals surface area contributed by atoms with Crippen LogP contribution in [0.5, 0.6) is 0 Å². The van der Waals surface area contributed by atoms with Crippen LogP contribution in [0.25, 0.3) is 0 Å². The lowest BCUT2D eigenvalue weighted by molar-refractivity contribution is 0.663. The van der Waals surface area contributed by atoms with Crippen LogP contribution in [0.15, 0.2) is 9.98 Å². The molecule has 4 heteroatoms. The van der Waals surface area contributed by atoms with Gasteiger partial charge in [0.25, 0.3) is 0 Å². The fraction of sp³-hybridized carbons (Fsp3) is 0.778. The summed E-state index contributed by atoms with van der Waals surface area (Å²) in [6, 6.07) is 0. The molecule has 2 N–H and O–H groups in total. The second-order valence-corrected chi connectivity index (χ2v) is 2.78. The standard InChI is InChI=1S/C9H20N4/c1-4-9(2)13-8-12-7-11-6-5-10-3/h8,10-11H,4-7H2,1-3H3. The van der Waals surface area contributed by atoms with Crippen molar-refractivity contribution >= 4 is 12.1 Å². The van der Waals surface area contributed by atoms with Gasteiger partial charge in [-0.1, -0.05) is 6.92 Å². The van der Waals surface area contributed by atoms with Crippen molar-refractivity contribution in [3.8, 4) is 0 Å². The molecule has 4 nitrogen and oxygen atoms in total. The minimum atomic E-state index is 0.641. The lowest BCUT2D eigenvalue weighted by atomic mass is 10.3. The molecule has 0 aliphatic heterocycles. The Hall–Kier alpha value is -0.740. The Kier molecular flexibility index (Phi) is 8.82. The van der Waals surface area contributed by atoms with Crippen molar-refractivity contribution in [1.29, 1.82) is 0 Å². The molecule has 0 bridgehead atoms. The Labute approximate surface area is 80.5 Å². The highest BCUT2D eigenvalue weighted by Gasteiger charge is 1.82. The predicted molar refractivity (Wildman–Crippen MR) is 58.7 cm³/mol. The quantitative estimate of drug-likeness (QED) is 0.347. The molecule has 0 amide bonds. The highest BCUT2D eigenvalue weighted by molar-refractivity contribution is 5.88. The maximum atomic E-state index is 4.13.